The molecule has 2 aliphatic rings. The predicted molar refractivity (Wildman–Crippen MR) is 98.6 cm³/mol. The minimum Gasteiger partial charge on any atom is -0.472 e. The highest BCUT2D eigenvalue weighted by molar-refractivity contribution is 6.31. The number of pyridine rings is 1. The molecule has 26 heavy (non-hydrogen) atoms. The molecule has 1 aromatic carbocycles. The SMILES string of the molecule is O=C(c1ccnc(OC2CCOC2)c1)N1CCCC1c1ccccc1Cl. The molecular weight excluding hydrogens is 352 g/mol. The molecule has 2 unspecified atom stereocenters. The molecule has 2 saturated heterocycles. The molecule has 0 spiro atoms. The van der Waals surface area contributed by atoms with Crippen LogP contribution in [0.1, 0.15) is 41.2 Å². The van der Waals surface area contributed by atoms with Gasteiger partial charge in [-0.1, -0.05) is 29.8 Å². The monoisotopic (exact) mass is 372 g/mol. The Balaban J connectivity index is 1.54. The number of ether oxygens (including phenoxy) is 2. The number of amides is 1. The van der Waals surface area contributed by atoms with Crippen LogP contribution in [-0.4, -0.2) is 41.7 Å². The highest BCUT2D eigenvalue weighted by Crippen LogP contribution is 2.36. The number of hydrogen-bond donors (Lipinski definition) is 0. The van der Waals surface area contributed by atoms with E-state index in [0.717, 1.165) is 31.4 Å². The van der Waals surface area contributed by atoms with E-state index < -0.39 is 0 Å². The first-order valence-electron chi connectivity index (χ1n) is 8.98. The van der Waals surface area contributed by atoms with E-state index in [1.165, 1.54) is 0 Å². The van der Waals surface area contributed by atoms with Gasteiger partial charge in [0, 0.05) is 35.8 Å². The smallest absolute Gasteiger partial charge is 0.254 e. The highest BCUT2D eigenvalue weighted by atomic mass is 35.5. The first kappa shape index (κ1) is 17.3. The summed E-state index contributed by atoms with van der Waals surface area (Å²) in [6.45, 7) is 2.00. The van der Waals surface area contributed by atoms with Crippen molar-refractivity contribution >= 4 is 17.5 Å². The van der Waals surface area contributed by atoms with Gasteiger partial charge in [-0.15, -0.1) is 0 Å². The fourth-order valence-corrected chi connectivity index (χ4v) is 3.89. The average Bonchev–Trinajstić information content (AvgIpc) is 3.33. The molecule has 0 N–H and O–H groups in total. The summed E-state index contributed by atoms with van der Waals surface area (Å²) >= 11 is 6.36. The summed E-state index contributed by atoms with van der Waals surface area (Å²) in [6, 6.07) is 11.2. The summed E-state index contributed by atoms with van der Waals surface area (Å²) in [7, 11) is 0. The van der Waals surface area contributed by atoms with E-state index in [1.807, 2.05) is 29.2 Å². The Kier molecular flexibility index (Phi) is 5.09. The Morgan fingerprint density at radius 2 is 2.15 bits per heavy atom. The van der Waals surface area contributed by atoms with Crippen LogP contribution in [0.4, 0.5) is 0 Å². The Labute approximate surface area is 157 Å². The molecule has 1 amide bonds. The zero-order valence-corrected chi connectivity index (χ0v) is 15.2. The van der Waals surface area contributed by atoms with Crippen molar-refractivity contribution in [3.05, 3.63) is 58.7 Å². The summed E-state index contributed by atoms with van der Waals surface area (Å²) < 4.78 is 11.2. The van der Waals surface area contributed by atoms with Crippen molar-refractivity contribution in [2.24, 2.45) is 0 Å². The maximum absolute atomic E-state index is 13.1. The quantitative estimate of drug-likeness (QED) is 0.817. The van der Waals surface area contributed by atoms with Crippen LogP contribution in [0.5, 0.6) is 5.88 Å². The fourth-order valence-electron chi connectivity index (χ4n) is 3.63. The molecule has 2 aromatic rings. The van der Waals surface area contributed by atoms with Crippen LogP contribution in [-0.2, 0) is 4.74 Å². The van der Waals surface area contributed by atoms with Crippen molar-refractivity contribution in [1.29, 1.82) is 0 Å². The molecule has 136 valence electrons. The zero-order chi connectivity index (χ0) is 17.9. The maximum atomic E-state index is 13.1. The van der Waals surface area contributed by atoms with Crippen molar-refractivity contribution in [3.8, 4) is 5.88 Å². The Hall–Kier alpha value is -2.11. The van der Waals surface area contributed by atoms with Gasteiger partial charge in [-0.3, -0.25) is 4.79 Å². The van der Waals surface area contributed by atoms with Crippen molar-refractivity contribution < 1.29 is 14.3 Å². The predicted octanol–water partition coefficient (Wildman–Crippen LogP) is 3.88. The van der Waals surface area contributed by atoms with Gasteiger partial charge in [0.2, 0.25) is 5.88 Å². The van der Waals surface area contributed by atoms with E-state index in [0.29, 0.717) is 29.7 Å². The number of benzene rings is 1. The number of halogens is 1. The van der Waals surface area contributed by atoms with Crippen LogP contribution in [0, 0.1) is 0 Å². The normalized spacial score (nSPS) is 22.6. The summed E-state index contributed by atoms with van der Waals surface area (Å²) in [6.07, 6.45) is 4.37. The van der Waals surface area contributed by atoms with Crippen LogP contribution >= 0.6 is 11.6 Å². The average molecular weight is 373 g/mol. The van der Waals surface area contributed by atoms with Crippen molar-refractivity contribution in [1.82, 2.24) is 9.88 Å². The number of aromatic nitrogens is 1. The Morgan fingerprint density at radius 3 is 2.96 bits per heavy atom. The molecule has 6 heteroatoms. The van der Waals surface area contributed by atoms with Crippen LogP contribution in [0.25, 0.3) is 0 Å². The van der Waals surface area contributed by atoms with E-state index in [2.05, 4.69) is 4.98 Å². The van der Waals surface area contributed by atoms with Gasteiger partial charge in [0.25, 0.3) is 5.91 Å². The van der Waals surface area contributed by atoms with Gasteiger partial charge < -0.3 is 14.4 Å². The van der Waals surface area contributed by atoms with Crippen LogP contribution < -0.4 is 4.74 Å². The number of rotatable bonds is 4. The van der Waals surface area contributed by atoms with Gasteiger partial charge in [-0.2, -0.15) is 0 Å². The molecule has 3 heterocycles. The largest absolute Gasteiger partial charge is 0.472 e. The zero-order valence-electron chi connectivity index (χ0n) is 14.4. The lowest BCUT2D eigenvalue weighted by Gasteiger charge is -2.26. The molecule has 0 bridgehead atoms. The van der Waals surface area contributed by atoms with Crippen molar-refractivity contribution in [3.63, 3.8) is 0 Å². The molecule has 4 rings (SSSR count). The molecule has 2 aliphatic heterocycles. The fraction of sp³-hybridized carbons (Fsp3) is 0.400. The third kappa shape index (κ3) is 3.55. The summed E-state index contributed by atoms with van der Waals surface area (Å²) in [5.41, 5.74) is 1.60. The number of hydrogen-bond acceptors (Lipinski definition) is 4. The molecule has 0 aliphatic carbocycles. The number of nitrogens with zero attached hydrogens (tertiary/aromatic N) is 2. The van der Waals surface area contributed by atoms with E-state index in [4.69, 9.17) is 21.1 Å². The lowest BCUT2D eigenvalue weighted by atomic mass is 10.0. The third-order valence-corrected chi connectivity index (χ3v) is 5.28. The van der Waals surface area contributed by atoms with Gasteiger partial charge >= 0.3 is 0 Å². The lowest BCUT2D eigenvalue weighted by Crippen LogP contribution is -2.30. The van der Waals surface area contributed by atoms with E-state index in [1.54, 1.807) is 18.3 Å². The van der Waals surface area contributed by atoms with E-state index in [9.17, 15) is 4.79 Å². The van der Waals surface area contributed by atoms with Gasteiger partial charge in [0.05, 0.1) is 19.3 Å². The molecule has 0 saturated carbocycles. The van der Waals surface area contributed by atoms with Gasteiger partial charge in [0.1, 0.15) is 6.10 Å². The Bertz CT molecular complexity index is 792. The summed E-state index contributed by atoms with van der Waals surface area (Å²) in [4.78, 5) is 19.2. The van der Waals surface area contributed by atoms with Crippen LogP contribution in [0.15, 0.2) is 42.6 Å². The molecule has 2 fully saturated rings. The van der Waals surface area contributed by atoms with Gasteiger partial charge in [-0.05, 0) is 30.5 Å². The number of carbonyl (C=O) groups excluding carboxylic acids is 1. The highest BCUT2D eigenvalue weighted by Gasteiger charge is 2.32. The van der Waals surface area contributed by atoms with Crippen molar-refractivity contribution in [2.75, 3.05) is 19.8 Å². The standard InChI is InChI=1S/C20H21ClN2O3/c21-17-5-2-1-4-16(17)18-6-3-10-23(18)20(24)14-7-9-22-19(12-14)26-15-8-11-25-13-15/h1-2,4-5,7,9,12,15,18H,3,6,8,10-11,13H2. The maximum Gasteiger partial charge on any atom is 0.254 e. The van der Waals surface area contributed by atoms with Gasteiger partial charge in [-0.25, -0.2) is 4.98 Å². The number of likely N-dealkylation sites (tertiary alicyclic amines) is 1. The minimum absolute atomic E-state index is 0.00973. The molecule has 1 aromatic heterocycles. The lowest BCUT2D eigenvalue weighted by molar-refractivity contribution is 0.0734. The van der Waals surface area contributed by atoms with Gasteiger partial charge in [0.15, 0.2) is 0 Å². The second-order valence-corrected chi connectivity index (χ2v) is 7.07. The molecule has 5 nitrogen and oxygen atoms in total. The van der Waals surface area contributed by atoms with Crippen LogP contribution in [0.2, 0.25) is 5.02 Å². The second-order valence-electron chi connectivity index (χ2n) is 6.66. The first-order chi connectivity index (χ1) is 12.7. The molecule has 0 radical (unpaired) electrons. The third-order valence-electron chi connectivity index (χ3n) is 4.94. The Morgan fingerprint density at radius 1 is 1.27 bits per heavy atom. The van der Waals surface area contributed by atoms with Crippen molar-refractivity contribution in [2.45, 2.75) is 31.4 Å². The minimum atomic E-state index is -0.0117. The molecular formula is C20H21ClN2O3. The number of carbonyl (C=O) groups is 1. The summed E-state index contributed by atoms with van der Waals surface area (Å²) in [5.74, 6) is 0.460. The second kappa shape index (κ2) is 7.64. The first-order valence-corrected chi connectivity index (χ1v) is 9.36. The van der Waals surface area contributed by atoms with E-state index in [-0.39, 0.29) is 18.1 Å². The summed E-state index contributed by atoms with van der Waals surface area (Å²) in [5, 5.41) is 0.706. The molecule has 2 atom stereocenters. The van der Waals surface area contributed by atoms with E-state index >= 15 is 0 Å². The van der Waals surface area contributed by atoms with Crippen LogP contribution in [0.3, 0.4) is 0 Å². The topological polar surface area (TPSA) is 51.7 Å².